The smallest absolute Gasteiger partial charge is 0.319 e. The van der Waals surface area contributed by atoms with E-state index < -0.39 is 12.5 Å². The van der Waals surface area contributed by atoms with Gasteiger partial charge in [-0.1, -0.05) is 0 Å². The summed E-state index contributed by atoms with van der Waals surface area (Å²) in [4.78, 5) is 9.38. The normalized spacial score (nSPS) is 7.00. The van der Waals surface area contributed by atoms with Gasteiger partial charge in [0, 0.05) is 23.1 Å². The van der Waals surface area contributed by atoms with Gasteiger partial charge in [0.15, 0.2) is 0 Å². The Morgan fingerprint density at radius 1 is 1.71 bits per heavy atom. The number of hydrogen-bond donors (Lipinski definition) is 3. The molecule has 0 rings (SSSR count). The van der Waals surface area contributed by atoms with Crippen molar-refractivity contribution < 1.29 is 15.1 Å². The van der Waals surface area contributed by atoms with Gasteiger partial charge in [0.05, 0.1) is 0 Å². The SMILES string of the molecule is O=C(O)CNO.[Mg]. The van der Waals surface area contributed by atoms with Crippen molar-refractivity contribution in [3.8, 4) is 0 Å². The van der Waals surface area contributed by atoms with Gasteiger partial charge in [0.2, 0.25) is 0 Å². The summed E-state index contributed by atoms with van der Waals surface area (Å²) in [6, 6.07) is 0. The van der Waals surface area contributed by atoms with Gasteiger partial charge in [-0.15, -0.1) is 0 Å². The monoisotopic (exact) mass is 115 g/mol. The first-order valence-corrected chi connectivity index (χ1v) is 1.36. The summed E-state index contributed by atoms with van der Waals surface area (Å²) >= 11 is 0. The second kappa shape index (κ2) is 6.16. The average Bonchev–Trinajstić information content (AvgIpc) is 1.35. The van der Waals surface area contributed by atoms with Crippen LogP contribution in [0.25, 0.3) is 0 Å². The largest absolute Gasteiger partial charge is 0.480 e. The van der Waals surface area contributed by atoms with Gasteiger partial charge in [-0.05, 0) is 0 Å². The molecule has 0 aliphatic carbocycles. The van der Waals surface area contributed by atoms with Crippen molar-refractivity contribution in [1.82, 2.24) is 5.48 Å². The van der Waals surface area contributed by atoms with Crippen molar-refractivity contribution in [2.75, 3.05) is 6.54 Å². The maximum atomic E-state index is 9.38. The van der Waals surface area contributed by atoms with Crippen molar-refractivity contribution in [1.29, 1.82) is 0 Å². The van der Waals surface area contributed by atoms with Crippen LogP contribution in [-0.2, 0) is 4.79 Å². The Kier molecular flexibility index (Phi) is 8.97. The molecule has 0 saturated carbocycles. The van der Waals surface area contributed by atoms with Gasteiger partial charge in [0.25, 0.3) is 0 Å². The molecule has 0 spiro atoms. The van der Waals surface area contributed by atoms with E-state index in [-0.39, 0.29) is 23.1 Å². The Morgan fingerprint density at radius 2 is 2.14 bits per heavy atom. The highest BCUT2D eigenvalue weighted by Gasteiger charge is 1.87. The Morgan fingerprint density at radius 3 is 2.14 bits per heavy atom. The first-order valence-electron chi connectivity index (χ1n) is 1.36. The van der Waals surface area contributed by atoms with Gasteiger partial charge in [-0.25, -0.2) is 0 Å². The lowest BCUT2D eigenvalue weighted by Crippen LogP contribution is -2.17. The third-order valence-corrected chi connectivity index (χ3v) is 0.230. The molecule has 0 aliphatic rings. The van der Waals surface area contributed by atoms with Gasteiger partial charge >= 0.3 is 5.97 Å². The Labute approximate surface area is 56.6 Å². The molecule has 0 aromatic heterocycles. The van der Waals surface area contributed by atoms with Crippen LogP contribution in [-0.4, -0.2) is 45.9 Å². The highest BCUT2D eigenvalue weighted by Crippen LogP contribution is 1.50. The second-order valence-corrected chi connectivity index (χ2v) is 0.729. The van der Waals surface area contributed by atoms with Crippen LogP contribution in [0.4, 0.5) is 0 Å². The minimum absolute atomic E-state index is 0. The zero-order chi connectivity index (χ0) is 4.99. The number of hydrogen-bond acceptors (Lipinski definition) is 3. The van der Waals surface area contributed by atoms with Crippen LogP contribution >= 0.6 is 0 Å². The maximum absolute atomic E-state index is 9.38. The molecule has 2 radical (unpaired) electrons. The first kappa shape index (κ1) is 10.2. The predicted molar refractivity (Wildman–Crippen MR) is 23.2 cm³/mol. The van der Waals surface area contributed by atoms with E-state index in [2.05, 4.69) is 0 Å². The summed E-state index contributed by atoms with van der Waals surface area (Å²) in [7, 11) is 0. The van der Waals surface area contributed by atoms with E-state index in [4.69, 9.17) is 10.3 Å². The molecule has 0 amide bonds. The predicted octanol–water partition coefficient (Wildman–Crippen LogP) is -1.33. The van der Waals surface area contributed by atoms with E-state index in [1.165, 1.54) is 5.48 Å². The zero-order valence-corrected chi connectivity index (χ0v) is 5.13. The molecular weight excluding hydrogens is 110 g/mol. The minimum atomic E-state index is -1.07. The van der Waals surface area contributed by atoms with Crippen LogP contribution in [0, 0.1) is 0 Å². The van der Waals surface area contributed by atoms with E-state index in [1.807, 2.05) is 0 Å². The molecule has 38 valence electrons. The van der Waals surface area contributed by atoms with Crippen molar-refractivity contribution in [3.63, 3.8) is 0 Å². The molecule has 0 saturated heterocycles. The summed E-state index contributed by atoms with van der Waals surface area (Å²) in [6.45, 7) is -0.403. The number of nitrogens with one attached hydrogen (secondary N) is 1. The summed E-state index contributed by atoms with van der Waals surface area (Å²) < 4.78 is 0. The van der Waals surface area contributed by atoms with Crippen LogP contribution in [0.1, 0.15) is 0 Å². The van der Waals surface area contributed by atoms with Gasteiger partial charge < -0.3 is 10.3 Å². The molecule has 4 nitrogen and oxygen atoms in total. The lowest BCUT2D eigenvalue weighted by atomic mass is 10.7. The fraction of sp³-hybridized carbons (Fsp3) is 0.500. The third kappa shape index (κ3) is 10.7. The molecule has 3 N–H and O–H groups in total. The topological polar surface area (TPSA) is 69.6 Å². The number of rotatable bonds is 2. The number of hydroxylamine groups is 1. The Balaban J connectivity index is 0. The Hall–Kier alpha value is 0.156. The maximum Gasteiger partial charge on any atom is 0.319 e. The minimum Gasteiger partial charge on any atom is -0.480 e. The van der Waals surface area contributed by atoms with Crippen LogP contribution in [0.3, 0.4) is 0 Å². The molecule has 0 atom stereocenters. The van der Waals surface area contributed by atoms with Crippen LogP contribution in [0.15, 0.2) is 0 Å². The fourth-order valence-corrected chi connectivity index (χ4v) is 0.0676. The molecule has 0 aliphatic heterocycles. The number of aliphatic carboxylic acids is 1. The van der Waals surface area contributed by atoms with Gasteiger partial charge in [-0.2, -0.15) is 5.48 Å². The van der Waals surface area contributed by atoms with Gasteiger partial charge in [-0.3, -0.25) is 4.79 Å². The molecule has 0 unspecified atom stereocenters. The van der Waals surface area contributed by atoms with E-state index in [0.717, 1.165) is 0 Å². The number of carboxylic acid groups (broad SMARTS) is 1. The summed E-state index contributed by atoms with van der Waals surface area (Å²) in [5, 5.41) is 15.3. The molecule has 0 bridgehead atoms. The summed E-state index contributed by atoms with van der Waals surface area (Å²) in [5.41, 5.74) is 1.47. The van der Waals surface area contributed by atoms with E-state index >= 15 is 0 Å². The third-order valence-electron chi connectivity index (χ3n) is 0.230. The van der Waals surface area contributed by atoms with Crippen LogP contribution in [0.5, 0.6) is 0 Å². The Bertz CT molecular complexity index is 56.9. The van der Waals surface area contributed by atoms with Crippen molar-refractivity contribution in [2.45, 2.75) is 0 Å². The lowest BCUT2D eigenvalue weighted by Gasteiger charge is -1.83. The molecule has 0 fully saturated rings. The number of carbonyl (C=O) groups is 1. The summed E-state index contributed by atoms with van der Waals surface area (Å²) in [6.07, 6.45) is 0. The van der Waals surface area contributed by atoms with E-state index in [9.17, 15) is 4.79 Å². The van der Waals surface area contributed by atoms with Gasteiger partial charge in [0.1, 0.15) is 6.54 Å². The highest BCUT2D eigenvalue weighted by molar-refractivity contribution is 5.75. The van der Waals surface area contributed by atoms with Crippen molar-refractivity contribution in [2.24, 2.45) is 0 Å². The molecule has 0 aromatic rings. The highest BCUT2D eigenvalue weighted by atomic mass is 24.3. The lowest BCUT2D eigenvalue weighted by molar-refractivity contribution is -0.137. The van der Waals surface area contributed by atoms with E-state index in [0.29, 0.717) is 0 Å². The zero-order valence-electron chi connectivity index (χ0n) is 3.72. The van der Waals surface area contributed by atoms with Crippen molar-refractivity contribution in [3.05, 3.63) is 0 Å². The molecule has 5 heteroatoms. The fourth-order valence-electron chi connectivity index (χ4n) is 0.0676. The van der Waals surface area contributed by atoms with Crippen LogP contribution < -0.4 is 5.48 Å². The average molecular weight is 115 g/mol. The molecule has 0 heterocycles. The van der Waals surface area contributed by atoms with E-state index in [1.54, 1.807) is 0 Å². The molecular formula is C2H5MgNO3. The summed E-state index contributed by atoms with van der Waals surface area (Å²) in [5.74, 6) is -1.07. The first-order chi connectivity index (χ1) is 2.77. The second-order valence-electron chi connectivity index (χ2n) is 0.729. The standard InChI is InChI=1S/C2H5NO3.Mg/c4-2(5)1-3-6;/h3,6H,1H2,(H,4,5);. The van der Waals surface area contributed by atoms with Crippen molar-refractivity contribution >= 4 is 29.0 Å². The van der Waals surface area contributed by atoms with Crippen LogP contribution in [0.2, 0.25) is 0 Å². The number of carboxylic acids is 1. The molecule has 7 heavy (non-hydrogen) atoms. The molecule has 0 aromatic carbocycles. The quantitative estimate of drug-likeness (QED) is 0.308.